The zero-order chi connectivity index (χ0) is 13.4. The molecule has 0 unspecified atom stereocenters. The topological polar surface area (TPSA) is 80.9 Å². The third-order valence-corrected chi connectivity index (χ3v) is 3.15. The van der Waals surface area contributed by atoms with E-state index in [4.69, 9.17) is 5.73 Å². The minimum atomic E-state index is 0.0716. The summed E-state index contributed by atoms with van der Waals surface area (Å²) in [4.78, 5) is 19.8. The molecule has 1 aromatic carbocycles. The third kappa shape index (κ3) is 2.27. The van der Waals surface area contributed by atoms with E-state index < -0.39 is 0 Å². The molecule has 0 bridgehead atoms. The molecule has 1 amide bonds. The summed E-state index contributed by atoms with van der Waals surface area (Å²) >= 11 is 0. The number of nitrogens with zero attached hydrogens (tertiary/aromatic N) is 2. The standard InChI is InChI=1S/C14H14N4O/c1-8-16-12(7-13(15)17-8)10-2-4-11-9(6-10)3-5-14(19)18-11/h2,4,6-7H,3,5H2,1H3,(H,18,19)(H2,15,16,17). The van der Waals surface area contributed by atoms with Gasteiger partial charge in [-0.2, -0.15) is 0 Å². The molecule has 0 saturated heterocycles. The summed E-state index contributed by atoms with van der Waals surface area (Å²) in [6.45, 7) is 1.82. The molecule has 3 N–H and O–H groups in total. The van der Waals surface area contributed by atoms with Crippen LogP contribution in [0.2, 0.25) is 0 Å². The maximum atomic E-state index is 11.3. The lowest BCUT2D eigenvalue weighted by molar-refractivity contribution is -0.116. The second-order valence-electron chi connectivity index (χ2n) is 4.65. The molecular formula is C14H14N4O. The molecule has 0 fully saturated rings. The normalized spacial score (nSPS) is 13.8. The Morgan fingerprint density at radius 2 is 2.05 bits per heavy atom. The van der Waals surface area contributed by atoms with Gasteiger partial charge in [0.05, 0.1) is 5.69 Å². The summed E-state index contributed by atoms with van der Waals surface area (Å²) in [7, 11) is 0. The van der Waals surface area contributed by atoms with Crippen molar-refractivity contribution in [2.75, 3.05) is 11.1 Å². The van der Waals surface area contributed by atoms with Gasteiger partial charge in [0, 0.05) is 23.7 Å². The molecule has 0 aliphatic carbocycles. The van der Waals surface area contributed by atoms with Gasteiger partial charge in [-0.3, -0.25) is 4.79 Å². The zero-order valence-electron chi connectivity index (χ0n) is 10.6. The van der Waals surface area contributed by atoms with Crippen molar-refractivity contribution in [2.24, 2.45) is 0 Å². The van der Waals surface area contributed by atoms with Crippen LogP contribution in [0.25, 0.3) is 11.3 Å². The van der Waals surface area contributed by atoms with Crippen molar-refractivity contribution >= 4 is 17.4 Å². The molecule has 1 aromatic heterocycles. The van der Waals surface area contributed by atoms with Gasteiger partial charge in [-0.1, -0.05) is 6.07 Å². The lowest BCUT2D eigenvalue weighted by atomic mass is 9.99. The van der Waals surface area contributed by atoms with Gasteiger partial charge in [0.1, 0.15) is 11.6 Å². The van der Waals surface area contributed by atoms with Crippen LogP contribution >= 0.6 is 0 Å². The van der Waals surface area contributed by atoms with E-state index in [0.717, 1.165) is 28.9 Å². The molecule has 19 heavy (non-hydrogen) atoms. The van der Waals surface area contributed by atoms with Crippen molar-refractivity contribution in [3.63, 3.8) is 0 Å². The van der Waals surface area contributed by atoms with Crippen LogP contribution in [0.3, 0.4) is 0 Å². The zero-order valence-corrected chi connectivity index (χ0v) is 10.6. The maximum Gasteiger partial charge on any atom is 0.224 e. The Balaban J connectivity index is 2.04. The highest BCUT2D eigenvalue weighted by molar-refractivity contribution is 5.94. The fourth-order valence-electron chi connectivity index (χ4n) is 2.28. The van der Waals surface area contributed by atoms with Crippen LogP contribution in [-0.4, -0.2) is 15.9 Å². The lowest BCUT2D eigenvalue weighted by Gasteiger charge is -2.17. The number of hydrogen-bond donors (Lipinski definition) is 2. The maximum absolute atomic E-state index is 11.3. The highest BCUT2D eigenvalue weighted by atomic mass is 16.1. The predicted molar refractivity (Wildman–Crippen MR) is 73.6 cm³/mol. The van der Waals surface area contributed by atoms with Gasteiger partial charge in [-0.25, -0.2) is 9.97 Å². The molecule has 2 heterocycles. The van der Waals surface area contributed by atoms with Crippen molar-refractivity contribution < 1.29 is 4.79 Å². The van der Waals surface area contributed by atoms with E-state index in [2.05, 4.69) is 21.4 Å². The number of hydrogen-bond acceptors (Lipinski definition) is 4. The Labute approximate surface area is 110 Å². The number of amides is 1. The average molecular weight is 254 g/mol. The molecule has 1 aliphatic rings. The Bertz CT molecular complexity index is 646. The van der Waals surface area contributed by atoms with Crippen molar-refractivity contribution in [1.82, 2.24) is 9.97 Å². The predicted octanol–water partition coefficient (Wildman–Crippen LogP) is 1.92. The van der Waals surface area contributed by atoms with Crippen LogP contribution < -0.4 is 11.1 Å². The smallest absolute Gasteiger partial charge is 0.224 e. The van der Waals surface area contributed by atoms with Gasteiger partial charge in [-0.15, -0.1) is 0 Å². The molecule has 0 radical (unpaired) electrons. The van der Waals surface area contributed by atoms with Crippen molar-refractivity contribution in [3.05, 3.63) is 35.7 Å². The first-order valence-corrected chi connectivity index (χ1v) is 6.16. The number of aryl methyl sites for hydroxylation is 2. The average Bonchev–Trinajstić information content (AvgIpc) is 2.37. The van der Waals surface area contributed by atoms with E-state index >= 15 is 0 Å². The summed E-state index contributed by atoms with van der Waals surface area (Å²) < 4.78 is 0. The molecule has 0 spiro atoms. The first-order valence-electron chi connectivity index (χ1n) is 6.16. The second-order valence-corrected chi connectivity index (χ2v) is 4.65. The molecule has 96 valence electrons. The largest absolute Gasteiger partial charge is 0.384 e. The van der Waals surface area contributed by atoms with Crippen LogP contribution in [0.1, 0.15) is 17.8 Å². The molecule has 5 nitrogen and oxygen atoms in total. The number of nitrogen functional groups attached to an aromatic ring is 1. The fourth-order valence-corrected chi connectivity index (χ4v) is 2.28. The fraction of sp³-hybridized carbons (Fsp3) is 0.214. The number of nitrogens with two attached hydrogens (primary N) is 1. The van der Waals surface area contributed by atoms with Crippen LogP contribution in [0.15, 0.2) is 24.3 Å². The Morgan fingerprint density at radius 3 is 2.84 bits per heavy atom. The first kappa shape index (κ1) is 11.6. The summed E-state index contributed by atoms with van der Waals surface area (Å²) in [6, 6.07) is 7.66. The van der Waals surface area contributed by atoms with Crippen LogP contribution in [-0.2, 0) is 11.2 Å². The second kappa shape index (κ2) is 4.35. The van der Waals surface area contributed by atoms with E-state index in [0.29, 0.717) is 18.1 Å². The first-order chi connectivity index (χ1) is 9.11. The van der Waals surface area contributed by atoms with E-state index in [1.807, 2.05) is 19.1 Å². The summed E-state index contributed by atoms with van der Waals surface area (Å²) in [5, 5.41) is 2.86. The molecule has 1 aliphatic heterocycles. The molecule has 3 rings (SSSR count). The van der Waals surface area contributed by atoms with E-state index in [1.165, 1.54) is 0 Å². The number of aromatic nitrogens is 2. The minimum absolute atomic E-state index is 0.0716. The van der Waals surface area contributed by atoms with Gasteiger partial charge in [0.25, 0.3) is 0 Å². The van der Waals surface area contributed by atoms with Gasteiger partial charge >= 0.3 is 0 Å². The Kier molecular flexibility index (Phi) is 2.67. The summed E-state index contributed by atoms with van der Waals surface area (Å²) in [5.74, 6) is 1.19. The van der Waals surface area contributed by atoms with Crippen molar-refractivity contribution in [1.29, 1.82) is 0 Å². The monoisotopic (exact) mass is 254 g/mol. The molecule has 0 atom stereocenters. The number of benzene rings is 1. The Hall–Kier alpha value is -2.43. The molecular weight excluding hydrogens is 240 g/mol. The van der Waals surface area contributed by atoms with E-state index in [-0.39, 0.29) is 5.91 Å². The number of fused-ring (bicyclic) bond motifs is 1. The van der Waals surface area contributed by atoms with Crippen LogP contribution in [0.4, 0.5) is 11.5 Å². The number of carbonyl (C=O) groups is 1. The van der Waals surface area contributed by atoms with Gasteiger partial charge < -0.3 is 11.1 Å². The van der Waals surface area contributed by atoms with Crippen molar-refractivity contribution in [2.45, 2.75) is 19.8 Å². The van der Waals surface area contributed by atoms with Crippen LogP contribution in [0.5, 0.6) is 0 Å². The Morgan fingerprint density at radius 1 is 1.21 bits per heavy atom. The van der Waals surface area contributed by atoms with E-state index in [9.17, 15) is 4.79 Å². The lowest BCUT2D eigenvalue weighted by Crippen LogP contribution is -2.18. The number of nitrogens with one attached hydrogen (secondary N) is 1. The number of carbonyl (C=O) groups excluding carboxylic acids is 1. The summed E-state index contributed by atoms with van der Waals surface area (Å²) in [5.41, 5.74) is 9.57. The van der Waals surface area contributed by atoms with E-state index in [1.54, 1.807) is 6.07 Å². The quantitative estimate of drug-likeness (QED) is 0.814. The van der Waals surface area contributed by atoms with Gasteiger partial charge in [-0.05, 0) is 31.0 Å². The highest BCUT2D eigenvalue weighted by Gasteiger charge is 2.15. The molecule has 5 heteroatoms. The van der Waals surface area contributed by atoms with Crippen LogP contribution in [0, 0.1) is 6.92 Å². The minimum Gasteiger partial charge on any atom is -0.384 e. The SMILES string of the molecule is Cc1nc(N)cc(-c2ccc3c(c2)CCC(=O)N3)n1. The molecule has 0 saturated carbocycles. The highest BCUT2D eigenvalue weighted by Crippen LogP contribution is 2.28. The molecule has 2 aromatic rings. The van der Waals surface area contributed by atoms with Gasteiger partial charge in [0.15, 0.2) is 0 Å². The third-order valence-electron chi connectivity index (χ3n) is 3.15. The van der Waals surface area contributed by atoms with Crippen molar-refractivity contribution in [3.8, 4) is 11.3 Å². The van der Waals surface area contributed by atoms with Gasteiger partial charge in [0.2, 0.25) is 5.91 Å². The summed E-state index contributed by atoms with van der Waals surface area (Å²) in [6.07, 6.45) is 1.29. The number of anilines is 2. The number of rotatable bonds is 1.